The summed E-state index contributed by atoms with van der Waals surface area (Å²) < 4.78 is 32.5. The molecule has 1 aromatic rings. The van der Waals surface area contributed by atoms with E-state index in [9.17, 15) is 13.6 Å². The van der Waals surface area contributed by atoms with Gasteiger partial charge in [0.25, 0.3) is 0 Å². The largest absolute Gasteiger partial charge is 0.465 e. The Kier molecular flexibility index (Phi) is 5.12. The first-order chi connectivity index (χ1) is 10.1. The number of hydrogen-bond acceptors (Lipinski definition) is 4. The minimum absolute atomic E-state index is 0.211. The van der Waals surface area contributed by atoms with Gasteiger partial charge in [-0.2, -0.15) is 0 Å². The fraction of sp³-hybridized carbons (Fsp3) is 0.533. The summed E-state index contributed by atoms with van der Waals surface area (Å²) in [5.74, 6) is -2.43. The van der Waals surface area contributed by atoms with Gasteiger partial charge >= 0.3 is 5.97 Å². The summed E-state index contributed by atoms with van der Waals surface area (Å²) in [7, 11) is 3.05. The molecule has 1 heterocycles. The molecule has 0 spiro atoms. The number of halogens is 2. The van der Waals surface area contributed by atoms with E-state index in [2.05, 4.69) is 10.1 Å². The fourth-order valence-corrected chi connectivity index (χ4v) is 2.72. The Labute approximate surface area is 123 Å². The van der Waals surface area contributed by atoms with Crippen molar-refractivity contribution in [2.45, 2.75) is 12.8 Å². The predicted molar refractivity (Wildman–Crippen MR) is 76.6 cm³/mol. The summed E-state index contributed by atoms with van der Waals surface area (Å²) in [5, 5.41) is 3.13. The molecule has 0 atom stereocenters. The van der Waals surface area contributed by atoms with Gasteiger partial charge in [-0.25, -0.2) is 13.6 Å². The quantitative estimate of drug-likeness (QED) is 0.865. The highest BCUT2D eigenvalue weighted by atomic mass is 19.2. The van der Waals surface area contributed by atoms with Crippen molar-refractivity contribution in [3.63, 3.8) is 0 Å². The first-order valence-corrected chi connectivity index (χ1v) is 7.04. The second kappa shape index (κ2) is 6.85. The monoisotopic (exact) mass is 298 g/mol. The van der Waals surface area contributed by atoms with Crippen molar-refractivity contribution in [2.24, 2.45) is 5.92 Å². The fourth-order valence-electron chi connectivity index (χ4n) is 2.72. The predicted octanol–water partition coefficient (Wildman–Crippen LogP) is 2.19. The highest BCUT2D eigenvalue weighted by Crippen LogP contribution is 2.28. The van der Waals surface area contributed by atoms with Crippen LogP contribution in [0.1, 0.15) is 23.2 Å². The van der Waals surface area contributed by atoms with E-state index in [0.717, 1.165) is 26.5 Å². The van der Waals surface area contributed by atoms with E-state index >= 15 is 0 Å². The van der Waals surface area contributed by atoms with E-state index in [-0.39, 0.29) is 11.3 Å². The molecule has 4 nitrogen and oxygen atoms in total. The van der Waals surface area contributed by atoms with Gasteiger partial charge in [0, 0.05) is 13.1 Å². The van der Waals surface area contributed by atoms with E-state index in [1.807, 2.05) is 11.9 Å². The van der Waals surface area contributed by atoms with Crippen LogP contribution in [0.5, 0.6) is 0 Å². The van der Waals surface area contributed by atoms with Crippen LogP contribution in [-0.4, -0.2) is 39.8 Å². The van der Waals surface area contributed by atoms with E-state index in [1.54, 1.807) is 0 Å². The molecule has 0 saturated carbocycles. The van der Waals surface area contributed by atoms with Crippen molar-refractivity contribution in [3.05, 3.63) is 29.3 Å². The Hall–Kier alpha value is -1.69. The van der Waals surface area contributed by atoms with Crippen molar-refractivity contribution in [2.75, 3.05) is 38.7 Å². The summed E-state index contributed by atoms with van der Waals surface area (Å²) in [4.78, 5) is 13.2. The SMILES string of the molecule is CNCC1CCN(c2ccc(C(=O)OC)c(F)c2F)CC1. The summed E-state index contributed by atoms with van der Waals surface area (Å²) in [6, 6.07) is 2.72. The molecule has 1 fully saturated rings. The lowest BCUT2D eigenvalue weighted by Crippen LogP contribution is -2.37. The number of rotatable bonds is 4. The highest BCUT2D eigenvalue weighted by Gasteiger charge is 2.25. The molecular weight excluding hydrogens is 278 g/mol. The Morgan fingerprint density at radius 1 is 1.33 bits per heavy atom. The second-order valence-corrected chi connectivity index (χ2v) is 5.24. The zero-order valence-corrected chi connectivity index (χ0v) is 12.3. The van der Waals surface area contributed by atoms with Gasteiger partial charge in [0.1, 0.15) is 0 Å². The Morgan fingerprint density at radius 3 is 2.57 bits per heavy atom. The molecule has 1 saturated heterocycles. The van der Waals surface area contributed by atoms with Gasteiger partial charge in [-0.15, -0.1) is 0 Å². The standard InChI is InChI=1S/C15H20F2N2O2/c1-18-9-10-5-7-19(8-6-10)12-4-3-11(15(20)21-2)13(16)14(12)17/h3-4,10,18H,5-9H2,1-2H3. The number of nitrogens with zero attached hydrogens (tertiary/aromatic N) is 1. The van der Waals surface area contributed by atoms with Crippen LogP contribution in [0.15, 0.2) is 12.1 Å². The topological polar surface area (TPSA) is 41.6 Å². The Morgan fingerprint density at radius 2 is 2.00 bits per heavy atom. The van der Waals surface area contributed by atoms with E-state index in [4.69, 9.17) is 0 Å². The molecule has 21 heavy (non-hydrogen) atoms. The van der Waals surface area contributed by atoms with Crippen LogP contribution in [0, 0.1) is 17.6 Å². The number of carbonyl (C=O) groups is 1. The first kappa shape index (κ1) is 15.7. The summed E-state index contributed by atoms with van der Waals surface area (Å²) >= 11 is 0. The van der Waals surface area contributed by atoms with Crippen molar-refractivity contribution in [1.82, 2.24) is 5.32 Å². The van der Waals surface area contributed by atoms with Crippen LogP contribution < -0.4 is 10.2 Å². The molecule has 0 unspecified atom stereocenters. The number of ether oxygens (including phenoxy) is 1. The van der Waals surface area contributed by atoms with Crippen LogP contribution in [0.25, 0.3) is 0 Å². The number of esters is 1. The van der Waals surface area contributed by atoms with Gasteiger partial charge in [0.15, 0.2) is 11.6 Å². The van der Waals surface area contributed by atoms with E-state index in [0.29, 0.717) is 19.0 Å². The number of carbonyl (C=O) groups excluding carboxylic acids is 1. The maximum atomic E-state index is 14.2. The summed E-state index contributed by atoms with van der Waals surface area (Å²) in [6.45, 7) is 2.30. The van der Waals surface area contributed by atoms with E-state index < -0.39 is 17.6 Å². The third-order valence-electron chi connectivity index (χ3n) is 3.92. The third-order valence-corrected chi connectivity index (χ3v) is 3.92. The highest BCUT2D eigenvalue weighted by molar-refractivity contribution is 5.90. The molecule has 116 valence electrons. The smallest absolute Gasteiger partial charge is 0.340 e. The molecule has 1 aromatic carbocycles. The molecule has 2 rings (SSSR count). The van der Waals surface area contributed by atoms with Crippen LogP contribution >= 0.6 is 0 Å². The van der Waals surface area contributed by atoms with Crippen LogP contribution in [0.2, 0.25) is 0 Å². The zero-order chi connectivity index (χ0) is 15.4. The molecule has 0 amide bonds. The molecule has 0 aromatic heterocycles. The number of methoxy groups -OCH3 is 1. The zero-order valence-electron chi connectivity index (χ0n) is 12.3. The maximum absolute atomic E-state index is 14.2. The van der Waals surface area contributed by atoms with Crippen molar-refractivity contribution < 1.29 is 18.3 Å². The lowest BCUT2D eigenvalue weighted by molar-refractivity contribution is 0.0594. The maximum Gasteiger partial charge on any atom is 0.340 e. The lowest BCUT2D eigenvalue weighted by atomic mass is 9.96. The number of anilines is 1. The van der Waals surface area contributed by atoms with Gasteiger partial charge in [0.05, 0.1) is 18.4 Å². The number of hydrogen-bond donors (Lipinski definition) is 1. The van der Waals surface area contributed by atoms with Crippen molar-refractivity contribution in [1.29, 1.82) is 0 Å². The van der Waals surface area contributed by atoms with Crippen molar-refractivity contribution in [3.8, 4) is 0 Å². The molecule has 1 aliphatic heterocycles. The first-order valence-electron chi connectivity index (χ1n) is 7.04. The Bertz CT molecular complexity index is 515. The molecule has 1 N–H and O–H groups in total. The van der Waals surface area contributed by atoms with Crippen LogP contribution in [0.4, 0.5) is 14.5 Å². The minimum atomic E-state index is -1.14. The van der Waals surface area contributed by atoms with E-state index in [1.165, 1.54) is 12.1 Å². The molecule has 6 heteroatoms. The summed E-state index contributed by atoms with van der Waals surface area (Å²) in [5.41, 5.74) is -0.160. The minimum Gasteiger partial charge on any atom is -0.465 e. The Balaban J connectivity index is 2.15. The number of piperidine rings is 1. The summed E-state index contributed by atoms with van der Waals surface area (Å²) in [6.07, 6.45) is 1.86. The van der Waals surface area contributed by atoms with Crippen LogP contribution in [-0.2, 0) is 4.74 Å². The average molecular weight is 298 g/mol. The average Bonchev–Trinajstić information content (AvgIpc) is 2.50. The van der Waals surface area contributed by atoms with Gasteiger partial charge in [-0.05, 0) is 44.5 Å². The molecule has 0 radical (unpaired) electrons. The van der Waals surface area contributed by atoms with Gasteiger partial charge in [0.2, 0.25) is 0 Å². The van der Waals surface area contributed by atoms with Crippen molar-refractivity contribution >= 4 is 11.7 Å². The van der Waals surface area contributed by atoms with Gasteiger partial charge in [-0.3, -0.25) is 0 Å². The molecule has 0 aliphatic carbocycles. The number of benzene rings is 1. The normalized spacial score (nSPS) is 16.1. The second-order valence-electron chi connectivity index (χ2n) is 5.24. The molecule has 0 bridgehead atoms. The van der Waals surface area contributed by atoms with Gasteiger partial charge < -0.3 is 15.0 Å². The molecular formula is C15H20F2N2O2. The molecule has 1 aliphatic rings. The lowest BCUT2D eigenvalue weighted by Gasteiger charge is -2.33. The van der Waals surface area contributed by atoms with Gasteiger partial charge in [-0.1, -0.05) is 0 Å². The van der Waals surface area contributed by atoms with Crippen LogP contribution in [0.3, 0.4) is 0 Å². The number of nitrogens with one attached hydrogen (secondary N) is 1. The third kappa shape index (κ3) is 3.32.